The van der Waals surface area contributed by atoms with E-state index in [9.17, 15) is 59.4 Å². The molecular formula is C47H84N6O21. The number of alkyl carbamates (subject to hydrolysis) is 5. The van der Waals surface area contributed by atoms with Crippen LogP contribution in [0.1, 0.15) is 123 Å². The molecule has 0 aromatic rings. The Labute approximate surface area is 432 Å². The zero-order valence-electron chi connectivity index (χ0n) is 45.2. The summed E-state index contributed by atoms with van der Waals surface area (Å²) in [7, 11) is 0. The molecule has 2 aliphatic heterocycles. The van der Waals surface area contributed by atoms with Gasteiger partial charge in [-0.1, -0.05) is 0 Å². The lowest BCUT2D eigenvalue weighted by molar-refractivity contribution is -0.322. The van der Waals surface area contributed by atoms with E-state index < -0.39 is 169 Å². The molecule has 2 heterocycles. The molecule has 7 unspecified atom stereocenters. The van der Waals surface area contributed by atoms with Crippen LogP contribution in [0.2, 0.25) is 0 Å². The predicted molar refractivity (Wildman–Crippen MR) is 258 cm³/mol. The number of ether oxygens (including phenoxy) is 9. The number of aliphatic hydroxyl groups excluding tert-OH is 6. The largest absolute Gasteiger partial charge is 0.444 e. The number of amides is 6. The molecule has 3 fully saturated rings. The summed E-state index contributed by atoms with van der Waals surface area (Å²) in [6.45, 7) is 22.7. The molecule has 0 radical (unpaired) electrons. The third-order valence-corrected chi connectivity index (χ3v) is 10.7. The summed E-state index contributed by atoms with van der Waals surface area (Å²) in [5, 5.41) is 84.2. The van der Waals surface area contributed by atoms with E-state index in [4.69, 9.17) is 42.6 Å². The first-order valence-corrected chi connectivity index (χ1v) is 24.6. The molecule has 2 saturated heterocycles. The summed E-state index contributed by atoms with van der Waals surface area (Å²) in [6, 6.07) is -6.50. The van der Waals surface area contributed by atoms with Crippen LogP contribution in [0.3, 0.4) is 0 Å². The Morgan fingerprint density at radius 1 is 0.514 bits per heavy atom. The Balaban J connectivity index is 2.17. The van der Waals surface area contributed by atoms with Crippen LogP contribution in [0.15, 0.2) is 0 Å². The maximum absolute atomic E-state index is 13.9. The normalized spacial score (nSPS) is 30.3. The lowest BCUT2D eigenvalue weighted by Crippen LogP contribution is -2.75. The molecule has 0 spiro atoms. The SMILES string of the molecule is CC(C)(C)OC(=O)NCC[C@H](O)C(=O)N[C@@H]1C(O)[C@H](NC(=O)OC(C)(C)C)C(O[C@@H]2OC(CNC(=O)OC(C)(C)C)CCC2NC(=O)OC(C)(C)C)C(O)[C@@H]1O[C@@H]1OC(CO)[C@H](O)[C@H](NC(=O)OC(C)(C)C)C1O. The van der Waals surface area contributed by atoms with Crippen molar-refractivity contribution in [1.29, 1.82) is 0 Å². The summed E-state index contributed by atoms with van der Waals surface area (Å²) < 4.78 is 51.7. The Kier molecular flexibility index (Phi) is 22.4. The van der Waals surface area contributed by atoms with Crippen LogP contribution in [0, 0.1) is 0 Å². The summed E-state index contributed by atoms with van der Waals surface area (Å²) in [6.07, 6.45) is -24.9. The molecule has 0 aromatic heterocycles. The molecule has 12 N–H and O–H groups in total. The predicted octanol–water partition coefficient (Wildman–Crippen LogP) is 0.401. The Hall–Kier alpha value is -4.58. The second kappa shape index (κ2) is 26.0. The van der Waals surface area contributed by atoms with E-state index in [1.54, 1.807) is 104 Å². The topological polar surface area (TPSA) is 379 Å². The fourth-order valence-electron chi connectivity index (χ4n) is 7.71. The van der Waals surface area contributed by atoms with Crippen molar-refractivity contribution in [3.8, 4) is 0 Å². The monoisotopic (exact) mass is 1070 g/mol. The van der Waals surface area contributed by atoms with Crippen LogP contribution in [0.5, 0.6) is 0 Å². The quantitative estimate of drug-likeness (QED) is 0.0988. The highest BCUT2D eigenvalue weighted by atomic mass is 16.7. The molecule has 3 aliphatic rings. The van der Waals surface area contributed by atoms with Crippen molar-refractivity contribution in [1.82, 2.24) is 31.9 Å². The molecule has 1 saturated carbocycles. The van der Waals surface area contributed by atoms with Crippen molar-refractivity contribution >= 4 is 36.4 Å². The number of carbonyl (C=O) groups excluding carboxylic acids is 6. The zero-order chi connectivity index (χ0) is 56.5. The van der Waals surface area contributed by atoms with Gasteiger partial charge in [-0.25, -0.2) is 24.0 Å². The highest BCUT2D eigenvalue weighted by molar-refractivity contribution is 5.81. The van der Waals surface area contributed by atoms with Crippen molar-refractivity contribution in [3.63, 3.8) is 0 Å². The third kappa shape index (κ3) is 21.2. The third-order valence-electron chi connectivity index (χ3n) is 10.7. The highest BCUT2D eigenvalue weighted by Gasteiger charge is 2.57. The van der Waals surface area contributed by atoms with Crippen molar-refractivity contribution in [2.75, 3.05) is 19.7 Å². The molecule has 74 heavy (non-hydrogen) atoms. The van der Waals surface area contributed by atoms with E-state index in [-0.39, 0.29) is 25.9 Å². The number of nitrogens with one attached hydrogen (secondary N) is 6. The molecule has 0 aromatic carbocycles. The van der Waals surface area contributed by atoms with Crippen molar-refractivity contribution < 1.29 is 102 Å². The summed E-state index contributed by atoms with van der Waals surface area (Å²) in [5.41, 5.74) is -4.86. The van der Waals surface area contributed by atoms with Gasteiger partial charge in [-0.2, -0.15) is 0 Å². The standard InChI is InChI=1S/C47H84N6O21/c1-43(2,3)70-38(61)48-19-18-24(55)35(60)51-27-30(57)28(53-42(65)74-47(13,14)15)34(32(59)33(27)69-37-31(58)26(29(56)25(21-54)67-37)52-41(64)73-46(10,11)12)68-36-23(50-40(63)72-45(7,8)9)17-16-22(66-36)20-49-39(62)71-44(4,5)6/h22-34,36-37,54-59H,16-21H2,1-15H3,(H,48,61)(H,49,62)(H,50,63)(H,51,60)(H,52,64)(H,53,65)/t22?,23?,24-,25?,26-,27+,28-,29-,30?,31?,32?,33+,34?,36-,37-/m0/s1. The van der Waals surface area contributed by atoms with E-state index in [2.05, 4.69) is 31.9 Å². The van der Waals surface area contributed by atoms with Gasteiger partial charge in [-0.05, 0) is 123 Å². The van der Waals surface area contributed by atoms with E-state index in [1.165, 1.54) is 0 Å². The first-order valence-electron chi connectivity index (χ1n) is 24.6. The fourth-order valence-corrected chi connectivity index (χ4v) is 7.71. The number of aliphatic hydroxyl groups is 6. The Bertz CT molecular complexity index is 1880. The van der Waals surface area contributed by atoms with Gasteiger partial charge in [0.05, 0.1) is 43.0 Å². The average Bonchev–Trinajstić information content (AvgIpc) is 3.21. The van der Waals surface area contributed by atoms with Gasteiger partial charge in [0, 0.05) is 13.1 Å². The lowest BCUT2D eigenvalue weighted by atomic mass is 9.80. The molecule has 3 rings (SSSR count). The molecular weight excluding hydrogens is 985 g/mol. The Morgan fingerprint density at radius 2 is 0.946 bits per heavy atom. The summed E-state index contributed by atoms with van der Waals surface area (Å²) in [4.78, 5) is 78.7. The number of carbonyl (C=O) groups is 6. The van der Waals surface area contributed by atoms with Crippen LogP contribution in [-0.2, 0) is 47.4 Å². The maximum Gasteiger partial charge on any atom is 0.408 e. The second-order valence-corrected chi connectivity index (χ2v) is 23.3. The minimum absolute atomic E-state index is 0.0956. The van der Waals surface area contributed by atoms with Gasteiger partial charge >= 0.3 is 30.5 Å². The fraction of sp³-hybridized carbons (Fsp3) is 0.872. The minimum Gasteiger partial charge on any atom is -0.444 e. The maximum atomic E-state index is 13.9. The van der Waals surface area contributed by atoms with Gasteiger partial charge in [0.25, 0.3) is 0 Å². The van der Waals surface area contributed by atoms with Crippen LogP contribution in [0.25, 0.3) is 0 Å². The second-order valence-electron chi connectivity index (χ2n) is 23.3. The van der Waals surface area contributed by atoms with Gasteiger partial charge < -0.3 is 105 Å². The summed E-state index contributed by atoms with van der Waals surface area (Å²) in [5.74, 6) is -1.20. The van der Waals surface area contributed by atoms with Crippen molar-refractivity contribution in [2.45, 2.75) is 243 Å². The van der Waals surface area contributed by atoms with Gasteiger partial charge in [0.1, 0.15) is 70.7 Å². The van der Waals surface area contributed by atoms with Crippen LogP contribution in [0.4, 0.5) is 24.0 Å². The molecule has 1 aliphatic carbocycles. The smallest absolute Gasteiger partial charge is 0.408 e. The van der Waals surface area contributed by atoms with E-state index in [0.29, 0.717) is 0 Å². The molecule has 0 bridgehead atoms. The Morgan fingerprint density at radius 3 is 1.43 bits per heavy atom. The van der Waals surface area contributed by atoms with Crippen LogP contribution < -0.4 is 31.9 Å². The first kappa shape index (κ1) is 63.7. The van der Waals surface area contributed by atoms with Gasteiger partial charge in [0.2, 0.25) is 5.91 Å². The average molecular weight is 1070 g/mol. The molecule has 27 nitrogen and oxygen atoms in total. The number of rotatable bonds is 15. The first-order chi connectivity index (χ1) is 33.8. The highest BCUT2D eigenvalue weighted by Crippen LogP contribution is 2.34. The molecule has 27 heteroatoms. The van der Waals surface area contributed by atoms with Crippen LogP contribution >= 0.6 is 0 Å². The minimum atomic E-state index is -2.17. The molecule has 428 valence electrons. The van der Waals surface area contributed by atoms with Gasteiger partial charge in [0.15, 0.2) is 12.6 Å². The van der Waals surface area contributed by atoms with Crippen molar-refractivity contribution in [3.05, 3.63) is 0 Å². The number of hydrogen-bond donors (Lipinski definition) is 12. The summed E-state index contributed by atoms with van der Waals surface area (Å²) >= 11 is 0. The number of hydrogen-bond acceptors (Lipinski definition) is 21. The lowest BCUT2D eigenvalue weighted by Gasteiger charge is -2.51. The van der Waals surface area contributed by atoms with E-state index in [1.807, 2.05) is 0 Å². The van der Waals surface area contributed by atoms with Gasteiger partial charge in [-0.3, -0.25) is 4.79 Å². The van der Waals surface area contributed by atoms with E-state index >= 15 is 0 Å². The zero-order valence-corrected chi connectivity index (χ0v) is 45.2. The molecule has 15 atom stereocenters. The van der Waals surface area contributed by atoms with Crippen LogP contribution in [-0.4, -0.2) is 206 Å². The van der Waals surface area contributed by atoms with Gasteiger partial charge in [-0.15, -0.1) is 0 Å². The molecule has 6 amide bonds. The van der Waals surface area contributed by atoms with E-state index in [0.717, 1.165) is 0 Å². The van der Waals surface area contributed by atoms with Crippen molar-refractivity contribution in [2.24, 2.45) is 0 Å².